The minimum absolute atomic E-state index is 0.182. The number of fused-ring (bicyclic) bond motifs is 1. The fraction of sp³-hybridized carbons (Fsp3) is 0.273. The van der Waals surface area contributed by atoms with Crippen molar-refractivity contribution >= 4 is 34.1 Å². The molecule has 1 heterocycles. The Morgan fingerprint density at radius 3 is 2.50 bits per heavy atom. The number of benzene rings is 1. The molecule has 1 aromatic carbocycles. The fourth-order valence-corrected chi connectivity index (χ4v) is 1.66. The summed E-state index contributed by atoms with van der Waals surface area (Å²) in [6.07, 6.45) is 0. The molecule has 2 rings (SSSR count). The van der Waals surface area contributed by atoms with E-state index in [1.807, 2.05) is 0 Å². The summed E-state index contributed by atoms with van der Waals surface area (Å²) >= 11 is 5.34. The maximum absolute atomic E-state index is 11.1. The summed E-state index contributed by atoms with van der Waals surface area (Å²) in [5, 5.41) is 0.627. The summed E-state index contributed by atoms with van der Waals surface area (Å²) in [6.45, 7) is 0. The van der Waals surface area contributed by atoms with Gasteiger partial charge in [-0.15, -0.1) is 0 Å². The molecule has 96 valence electrons. The number of anilines is 1. The second-order valence-corrected chi connectivity index (χ2v) is 3.82. The van der Waals surface area contributed by atoms with Crippen molar-refractivity contribution in [3.8, 4) is 11.5 Å². The molecule has 6 nitrogen and oxygen atoms in total. The van der Waals surface area contributed by atoms with Gasteiger partial charge in [-0.2, -0.15) is 0 Å². The first-order valence-electron chi connectivity index (χ1n) is 5.03. The maximum atomic E-state index is 11.1. The summed E-state index contributed by atoms with van der Waals surface area (Å²) < 4.78 is 10.3. The van der Waals surface area contributed by atoms with Gasteiger partial charge in [-0.05, 0) is 11.6 Å². The Labute approximate surface area is 109 Å². The number of ether oxygens (including phenoxy) is 2. The number of carbonyl (C=O) groups is 1. The first-order valence-corrected chi connectivity index (χ1v) is 5.41. The Bertz CT molecular complexity index is 530. The first-order chi connectivity index (χ1) is 8.56. The molecule has 1 aromatic rings. The minimum Gasteiger partial charge on any atom is -0.493 e. The lowest BCUT2D eigenvalue weighted by atomic mass is 10.2. The van der Waals surface area contributed by atoms with Crippen LogP contribution in [0.3, 0.4) is 0 Å². The summed E-state index contributed by atoms with van der Waals surface area (Å²) in [4.78, 5) is 20.2. The van der Waals surface area contributed by atoms with Crippen LogP contribution in [-0.4, -0.2) is 32.4 Å². The van der Waals surface area contributed by atoms with Crippen LogP contribution in [0.15, 0.2) is 17.1 Å². The molecule has 0 bridgehead atoms. The van der Waals surface area contributed by atoms with Gasteiger partial charge in [0.05, 0.1) is 19.9 Å². The number of hydrogen-bond acceptors (Lipinski definition) is 6. The lowest BCUT2D eigenvalue weighted by molar-refractivity contribution is -0.107. The topological polar surface area (TPSA) is 60.4 Å². The fourth-order valence-electron chi connectivity index (χ4n) is 1.59. The van der Waals surface area contributed by atoms with E-state index >= 15 is 0 Å². The third-order valence-corrected chi connectivity index (χ3v) is 2.60. The molecule has 0 fully saturated rings. The molecule has 1 aliphatic heterocycles. The molecule has 0 unspecified atom stereocenters. The van der Waals surface area contributed by atoms with Crippen molar-refractivity contribution in [2.45, 2.75) is 0 Å². The van der Waals surface area contributed by atoms with Crippen LogP contribution >= 0.6 is 11.6 Å². The van der Waals surface area contributed by atoms with Gasteiger partial charge in [0.2, 0.25) is 0 Å². The van der Waals surface area contributed by atoms with E-state index in [4.69, 9.17) is 25.9 Å². The number of aliphatic imine (C=N–C) groups is 1. The highest BCUT2D eigenvalue weighted by Gasteiger charge is 2.24. The van der Waals surface area contributed by atoms with E-state index in [9.17, 15) is 4.79 Å². The molecule has 0 saturated heterocycles. The zero-order chi connectivity index (χ0) is 13.3. The predicted octanol–water partition coefficient (Wildman–Crippen LogP) is 1.88. The standard InChI is InChI=1S/C11H11ClN2O4/c1-14-7-5-9(17-3)8(16-2)4-6(7)13-11(18-14)10(12)15/h4-5H,1-3H3. The Morgan fingerprint density at radius 2 is 1.94 bits per heavy atom. The number of carbonyl (C=O) groups excluding carboxylic acids is 1. The van der Waals surface area contributed by atoms with E-state index in [1.54, 1.807) is 19.2 Å². The second-order valence-electron chi connectivity index (χ2n) is 3.48. The van der Waals surface area contributed by atoms with Crippen LogP contribution in [0, 0.1) is 0 Å². The Morgan fingerprint density at radius 1 is 1.33 bits per heavy atom. The van der Waals surface area contributed by atoms with E-state index in [-0.39, 0.29) is 5.90 Å². The normalized spacial score (nSPS) is 13.3. The Hall–Kier alpha value is -1.95. The minimum atomic E-state index is -0.762. The average Bonchev–Trinajstić information content (AvgIpc) is 2.36. The molecule has 0 aliphatic carbocycles. The van der Waals surface area contributed by atoms with Crippen LogP contribution in [0.5, 0.6) is 11.5 Å². The van der Waals surface area contributed by atoms with Crippen molar-refractivity contribution in [3.05, 3.63) is 12.1 Å². The van der Waals surface area contributed by atoms with Crippen molar-refractivity contribution in [2.75, 3.05) is 26.3 Å². The summed E-state index contributed by atoms with van der Waals surface area (Å²) in [6, 6.07) is 3.35. The van der Waals surface area contributed by atoms with Crippen LogP contribution in [-0.2, 0) is 9.63 Å². The lowest BCUT2D eigenvalue weighted by Gasteiger charge is -2.25. The smallest absolute Gasteiger partial charge is 0.310 e. The van der Waals surface area contributed by atoms with Gasteiger partial charge in [0.25, 0.3) is 0 Å². The number of rotatable bonds is 3. The number of methoxy groups -OCH3 is 2. The van der Waals surface area contributed by atoms with Crippen molar-refractivity contribution in [3.63, 3.8) is 0 Å². The molecule has 1 aliphatic rings. The Kier molecular flexibility index (Phi) is 3.29. The second kappa shape index (κ2) is 4.73. The largest absolute Gasteiger partial charge is 0.493 e. The van der Waals surface area contributed by atoms with Gasteiger partial charge in [-0.25, -0.2) is 10.1 Å². The SMILES string of the molecule is COc1cc2c(cc1OC)N(C)OC(C(=O)Cl)=N2. The van der Waals surface area contributed by atoms with Gasteiger partial charge >= 0.3 is 11.1 Å². The summed E-state index contributed by atoms with van der Waals surface area (Å²) in [5.41, 5.74) is 1.17. The molecule has 0 aromatic heterocycles. The monoisotopic (exact) mass is 270 g/mol. The van der Waals surface area contributed by atoms with E-state index in [1.165, 1.54) is 19.3 Å². The van der Waals surface area contributed by atoms with Gasteiger partial charge < -0.3 is 14.3 Å². The summed E-state index contributed by atoms with van der Waals surface area (Å²) in [5.74, 6) is 0.873. The van der Waals surface area contributed by atoms with Gasteiger partial charge in [0, 0.05) is 19.2 Å². The number of nitrogens with zero attached hydrogens (tertiary/aromatic N) is 2. The van der Waals surface area contributed by atoms with Gasteiger partial charge in [0.15, 0.2) is 11.5 Å². The highest BCUT2D eigenvalue weighted by Crippen LogP contribution is 2.41. The third-order valence-electron chi connectivity index (χ3n) is 2.43. The van der Waals surface area contributed by atoms with Crippen LogP contribution in [0.25, 0.3) is 0 Å². The van der Waals surface area contributed by atoms with Gasteiger partial charge in [0.1, 0.15) is 5.69 Å². The first kappa shape index (κ1) is 12.5. The molecule has 0 spiro atoms. The van der Waals surface area contributed by atoms with E-state index in [0.717, 1.165) is 0 Å². The average molecular weight is 271 g/mol. The third kappa shape index (κ3) is 2.06. The van der Waals surface area contributed by atoms with Gasteiger partial charge in [-0.3, -0.25) is 4.79 Å². The van der Waals surface area contributed by atoms with Crippen LogP contribution in [0.4, 0.5) is 11.4 Å². The highest BCUT2D eigenvalue weighted by molar-refractivity contribution is 6.81. The number of hydroxylamine groups is 1. The number of hydrogen-bond donors (Lipinski definition) is 0. The molecule has 0 atom stereocenters. The van der Waals surface area contributed by atoms with Gasteiger partial charge in [-0.1, -0.05) is 0 Å². The highest BCUT2D eigenvalue weighted by atomic mass is 35.5. The molecular formula is C11H11ClN2O4. The molecule has 0 saturated carbocycles. The molecule has 18 heavy (non-hydrogen) atoms. The number of halogens is 1. The molecular weight excluding hydrogens is 260 g/mol. The quantitative estimate of drug-likeness (QED) is 0.785. The van der Waals surface area contributed by atoms with Crippen molar-refractivity contribution < 1.29 is 19.1 Å². The predicted molar refractivity (Wildman–Crippen MR) is 67.0 cm³/mol. The van der Waals surface area contributed by atoms with Crippen LogP contribution in [0.2, 0.25) is 0 Å². The Balaban J connectivity index is 2.56. The van der Waals surface area contributed by atoms with Crippen molar-refractivity contribution in [2.24, 2.45) is 4.99 Å². The van der Waals surface area contributed by atoms with Crippen LogP contribution in [0.1, 0.15) is 0 Å². The molecule has 0 radical (unpaired) electrons. The van der Waals surface area contributed by atoms with Crippen molar-refractivity contribution in [1.82, 2.24) is 0 Å². The van der Waals surface area contributed by atoms with E-state index in [0.29, 0.717) is 22.9 Å². The molecule has 0 N–H and O–H groups in total. The zero-order valence-electron chi connectivity index (χ0n) is 10.1. The lowest BCUT2D eigenvalue weighted by Crippen LogP contribution is -2.28. The maximum Gasteiger partial charge on any atom is 0.310 e. The van der Waals surface area contributed by atoms with Crippen molar-refractivity contribution in [1.29, 1.82) is 0 Å². The van der Waals surface area contributed by atoms with Crippen LogP contribution < -0.4 is 14.5 Å². The van der Waals surface area contributed by atoms with E-state index < -0.39 is 5.24 Å². The molecule has 7 heteroatoms. The summed E-state index contributed by atoms with van der Waals surface area (Å²) in [7, 11) is 4.69. The zero-order valence-corrected chi connectivity index (χ0v) is 10.8. The molecule has 0 amide bonds. The van der Waals surface area contributed by atoms with E-state index in [2.05, 4.69) is 4.99 Å².